The lowest BCUT2D eigenvalue weighted by Gasteiger charge is -2.26. The number of aryl methyl sites for hydroxylation is 1. The summed E-state index contributed by atoms with van der Waals surface area (Å²) >= 11 is 0. The molecule has 88 valence electrons. The normalized spacial score (nSPS) is 25.4. The summed E-state index contributed by atoms with van der Waals surface area (Å²) in [4.78, 5) is 18.0. The van der Waals surface area contributed by atoms with Crippen LogP contribution < -0.4 is 10.3 Å². The quantitative estimate of drug-likeness (QED) is 0.833. The van der Waals surface area contributed by atoms with Crippen LogP contribution in [0.1, 0.15) is 38.4 Å². The van der Waals surface area contributed by atoms with Gasteiger partial charge >= 0.3 is 0 Å². The summed E-state index contributed by atoms with van der Waals surface area (Å²) < 4.78 is 5.73. The lowest BCUT2D eigenvalue weighted by Crippen LogP contribution is -2.24. The van der Waals surface area contributed by atoms with E-state index in [-0.39, 0.29) is 11.7 Å². The number of aromatic amines is 1. The molecule has 1 aromatic heterocycles. The molecule has 0 amide bonds. The zero-order valence-electron chi connectivity index (χ0n) is 9.82. The Balaban J connectivity index is 2.01. The van der Waals surface area contributed by atoms with Gasteiger partial charge in [-0.25, -0.2) is 4.98 Å². The molecule has 1 N–H and O–H groups in total. The first kappa shape index (κ1) is 11.2. The molecule has 1 aromatic rings. The third-order valence-electron chi connectivity index (χ3n) is 3.09. The zero-order chi connectivity index (χ0) is 11.5. The van der Waals surface area contributed by atoms with Gasteiger partial charge in [-0.3, -0.25) is 4.79 Å². The van der Waals surface area contributed by atoms with E-state index in [1.54, 1.807) is 6.92 Å². The average molecular weight is 222 g/mol. The minimum atomic E-state index is -0.147. The summed E-state index contributed by atoms with van der Waals surface area (Å²) in [5.41, 5.74) is -0.147. The van der Waals surface area contributed by atoms with E-state index in [1.807, 2.05) is 0 Å². The van der Waals surface area contributed by atoms with Gasteiger partial charge in [0, 0.05) is 0 Å². The molecule has 1 heterocycles. The third-order valence-corrected chi connectivity index (χ3v) is 3.09. The van der Waals surface area contributed by atoms with Crippen LogP contribution in [0.15, 0.2) is 10.9 Å². The highest BCUT2D eigenvalue weighted by Crippen LogP contribution is 2.26. The Morgan fingerprint density at radius 2 is 2.06 bits per heavy atom. The maximum atomic E-state index is 11.2. The van der Waals surface area contributed by atoms with Crippen molar-refractivity contribution in [3.8, 4) is 5.88 Å². The smallest absolute Gasteiger partial charge is 0.254 e. The minimum absolute atomic E-state index is 0.147. The molecule has 0 aliphatic heterocycles. The van der Waals surface area contributed by atoms with Crippen LogP contribution >= 0.6 is 0 Å². The Morgan fingerprint density at radius 1 is 1.38 bits per heavy atom. The second-order valence-corrected chi connectivity index (χ2v) is 4.67. The van der Waals surface area contributed by atoms with Gasteiger partial charge in [-0.1, -0.05) is 6.92 Å². The van der Waals surface area contributed by atoms with Gasteiger partial charge in [0.15, 0.2) is 0 Å². The SMILES string of the molecule is Cc1nc(OC2CCC(C)CC2)cc(=O)[nH]1. The molecule has 0 bridgehead atoms. The van der Waals surface area contributed by atoms with E-state index < -0.39 is 0 Å². The highest BCUT2D eigenvalue weighted by atomic mass is 16.5. The summed E-state index contributed by atoms with van der Waals surface area (Å²) in [5.74, 6) is 1.86. The predicted molar refractivity (Wildman–Crippen MR) is 61.6 cm³/mol. The first-order valence-corrected chi connectivity index (χ1v) is 5.88. The molecule has 4 heteroatoms. The van der Waals surface area contributed by atoms with Crippen molar-refractivity contribution >= 4 is 0 Å². The van der Waals surface area contributed by atoms with Crippen LogP contribution in [-0.2, 0) is 0 Å². The van der Waals surface area contributed by atoms with Crippen molar-refractivity contribution in [2.45, 2.75) is 45.6 Å². The molecule has 1 aliphatic rings. The molecule has 1 aliphatic carbocycles. The fraction of sp³-hybridized carbons (Fsp3) is 0.667. The van der Waals surface area contributed by atoms with E-state index in [0.717, 1.165) is 18.8 Å². The maximum Gasteiger partial charge on any atom is 0.254 e. The second-order valence-electron chi connectivity index (χ2n) is 4.67. The molecule has 1 saturated carbocycles. The number of nitrogens with zero attached hydrogens (tertiary/aromatic N) is 1. The summed E-state index contributed by atoms with van der Waals surface area (Å²) in [6.45, 7) is 4.03. The second kappa shape index (κ2) is 4.68. The predicted octanol–water partition coefficient (Wildman–Crippen LogP) is 2.04. The number of aromatic nitrogens is 2. The van der Waals surface area contributed by atoms with Gasteiger partial charge in [0.25, 0.3) is 5.56 Å². The van der Waals surface area contributed by atoms with Crippen molar-refractivity contribution in [2.75, 3.05) is 0 Å². The summed E-state index contributed by atoms with van der Waals surface area (Å²) in [6, 6.07) is 1.42. The fourth-order valence-electron chi connectivity index (χ4n) is 2.13. The van der Waals surface area contributed by atoms with Crippen molar-refractivity contribution in [2.24, 2.45) is 5.92 Å². The molecule has 0 radical (unpaired) electrons. The van der Waals surface area contributed by atoms with E-state index in [2.05, 4.69) is 16.9 Å². The summed E-state index contributed by atoms with van der Waals surface area (Å²) in [7, 11) is 0. The minimum Gasteiger partial charge on any atom is -0.474 e. The first-order chi connectivity index (χ1) is 7.63. The van der Waals surface area contributed by atoms with E-state index in [4.69, 9.17) is 4.74 Å². The third kappa shape index (κ3) is 2.84. The lowest BCUT2D eigenvalue weighted by atomic mass is 9.89. The monoisotopic (exact) mass is 222 g/mol. The highest BCUT2D eigenvalue weighted by molar-refractivity contribution is 5.08. The van der Waals surface area contributed by atoms with Crippen LogP contribution in [0.5, 0.6) is 5.88 Å². The van der Waals surface area contributed by atoms with Gasteiger partial charge < -0.3 is 9.72 Å². The van der Waals surface area contributed by atoms with Crippen LogP contribution in [0, 0.1) is 12.8 Å². The molecule has 0 aromatic carbocycles. The van der Waals surface area contributed by atoms with Gasteiger partial charge in [-0.15, -0.1) is 0 Å². The van der Waals surface area contributed by atoms with Gasteiger partial charge in [0.05, 0.1) is 6.07 Å². The van der Waals surface area contributed by atoms with Gasteiger partial charge in [-0.2, -0.15) is 0 Å². The molecule has 0 saturated heterocycles. The lowest BCUT2D eigenvalue weighted by molar-refractivity contribution is 0.129. The number of hydrogen-bond acceptors (Lipinski definition) is 3. The van der Waals surface area contributed by atoms with E-state index in [1.165, 1.54) is 18.9 Å². The molecular formula is C12H18N2O2. The molecule has 0 unspecified atom stereocenters. The van der Waals surface area contributed by atoms with Crippen LogP contribution in [0.25, 0.3) is 0 Å². The summed E-state index contributed by atoms with van der Waals surface area (Å²) in [5, 5.41) is 0. The Hall–Kier alpha value is -1.32. The van der Waals surface area contributed by atoms with E-state index in [0.29, 0.717) is 11.7 Å². The van der Waals surface area contributed by atoms with Gasteiger partial charge in [0.1, 0.15) is 11.9 Å². The van der Waals surface area contributed by atoms with Gasteiger partial charge in [-0.05, 0) is 38.5 Å². The number of ether oxygens (including phenoxy) is 1. The van der Waals surface area contributed by atoms with Crippen LogP contribution in [0.3, 0.4) is 0 Å². The standard InChI is InChI=1S/C12H18N2O2/c1-8-3-5-10(6-4-8)16-12-7-11(15)13-9(2)14-12/h7-8,10H,3-6H2,1-2H3,(H,13,14,15). The Morgan fingerprint density at radius 3 is 2.69 bits per heavy atom. The van der Waals surface area contributed by atoms with Crippen molar-refractivity contribution in [3.63, 3.8) is 0 Å². The first-order valence-electron chi connectivity index (χ1n) is 5.88. The Labute approximate surface area is 95.1 Å². The maximum absolute atomic E-state index is 11.2. The van der Waals surface area contributed by atoms with Crippen molar-refractivity contribution in [3.05, 3.63) is 22.2 Å². The fourth-order valence-corrected chi connectivity index (χ4v) is 2.13. The molecule has 0 atom stereocenters. The number of nitrogens with one attached hydrogen (secondary N) is 1. The Kier molecular flexibility index (Phi) is 3.27. The van der Waals surface area contributed by atoms with Crippen LogP contribution in [-0.4, -0.2) is 16.1 Å². The topological polar surface area (TPSA) is 55.0 Å². The molecule has 16 heavy (non-hydrogen) atoms. The Bertz CT molecular complexity index is 406. The molecule has 2 rings (SSSR count). The van der Waals surface area contributed by atoms with Crippen molar-refractivity contribution in [1.82, 2.24) is 9.97 Å². The van der Waals surface area contributed by atoms with Crippen molar-refractivity contribution < 1.29 is 4.74 Å². The number of rotatable bonds is 2. The van der Waals surface area contributed by atoms with E-state index in [9.17, 15) is 4.79 Å². The molecule has 4 nitrogen and oxygen atoms in total. The van der Waals surface area contributed by atoms with Gasteiger partial charge in [0.2, 0.25) is 5.88 Å². The summed E-state index contributed by atoms with van der Waals surface area (Å²) in [6.07, 6.45) is 4.76. The highest BCUT2D eigenvalue weighted by Gasteiger charge is 2.19. The number of hydrogen-bond donors (Lipinski definition) is 1. The molecule has 0 spiro atoms. The average Bonchev–Trinajstić information content (AvgIpc) is 2.20. The largest absolute Gasteiger partial charge is 0.474 e. The van der Waals surface area contributed by atoms with E-state index >= 15 is 0 Å². The van der Waals surface area contributed by atoms with Crippen LogP contribution in [0.4, 0.5) is 0 Å². The van der Waals surface area contributed by atoms with Crippen molar-refractivity contribution in [1.29, 1.82) is 0 Å². The number of H-pyrrole nitrogens is 1. The van der Waals surface area contributed by atoms with Crippen LogP contribution in [0.2, 0.25) is 0 Å². The molecule has 1 fully saturated rings. The zero-order valence-corrected chi connectivity index (χ0v) is 9.82. The molecular weight excluding hydrogens is 204 g/mol.